The van der Waals surface area contributed by atoms with Gasteiger partial charge in [-0.15, -0.1) is 5.10 Å². The molecule has 0 aliphatic rings. The molecule has 0 fully saturated rings. The van der Waals surface area contributed by atoms with E-state index in [-0.39, 0.29) is 6.04 Å². The van der Waals surface area contributed by atoms with Crippen molar-refractivity contribution in [2.75, 3.05) is 6.54 Å². The summed E-state index contributed by atoms with van der Waals surface area (Å²) in [6, 6.07) is 0.0381. The highest BCUT2D eigenvalue weighted by Crippen LogP contribution is 2.19. The average Bonchev–Trinajstić information content (AvgIpc) is 2.85. The lowest BCUT2D eigenvalue weighted by Crippen LogP contribution is -2.25. The van der Waals surface area contributed by atoms with Crippen LogP contribution in [0.3, 0.4) is 0 Å². The minimum atomic E-state index is 0.0381. The molecular formula is C11H16N6. The van der Waals surface area contributed by atoms with Crippen LogP contribution in [0.25, 0.3) is 0 Å². The molecular weight excluding hydrogens is 216 g/mol. The first kappa shape index (κ1) is 11.7. The summed E-state index contributed by atoms with van der Waals surface area (Å²) in [7, 11) is 0. The third-order valence-electron chi connectivity index (χ3n) is 2.57. The Labute approximate surface area is 100 Å². The molecule has 0 aliphatic carbocycles. The van der Waals surface area contributed by atoms with Gasteiger partial charge in [0.1, 0.15) is 6.33 Å². The summed E-state index contributed by atoms with van der Waals surface area (Å²) in [5.74, 6) is 0. The molecule has 0 saturated heterocycles. The van der Waals surface area contributed by atoms with Crippen LogP contribution < -0.4 is 5.32 Å². The van der Waals surface area contributed by atoms with Crippen LogP contribution in [0.1, 0.15) is 31.1 Å². The van der Waals surface area contributed by atoms with Crippen LogP contribution in [0.4, 0.5) is 0 Å². The lowest BCUT2D eigenvalue weighted by molar-refractivity contribution is 0.533. The van der Waals surface area contributed by atoms with E-state index in [1.165, 1.54) is 6.33 Å². The zero-order chi connectivity index (χ0) is 12.1. The molecule has 0 bridgehead atoms. The maximum Gasteiger partial charge on any atom is 0.115 e. The molecule has 1 unspecified atom stereocenters. The van der Waals surface area contributed by atoms with Crippen LogP contribution in [0.2, 0.25) is 0 Å². The molecule has 2 rings (SSSR count). The van der Waals surface area contributed by atoms with E-state index in [0.717, 1.165) is 24.3 Å². The number of nitrogens with one attached hydrogen (secondary N) is 1. The minimum Gasteiger partial charge on any atom is -0.305 e. The Balaban J connectivity index is 2.36. The number of aromatic nitrogens is 5. The maximum absolute atomic E-state index is 4.05. The first-order valence-corrected chi connectivity index (χ1v) is 5.73. The second-order valence-electron chi connectivity index (χ2n) is 3.64. The van der Waals surface area contributed by atoms with Crippen molar-refractivity contribution in [3.63, 3.8) is 0 Å². The van der Waals surface area contributed by atoms with E-state index in [4.69, 9.17) is 0 Å². The van der Waals surface area contributed by atoms with Gasteiger partial charge in [0.2, 0.25) is 0 Å². The van der Waals surface area contributed by atoms with Gasteiger partial charge in [0, 0.05) is 24.5 Å². The summed E-state index contributed by atoms with van der Waals surface area (Å²) in [6.45, 7) is 5.76. The normalized spacial score (nSPS) is 12.6. The molecule has 0 saturated carbocycles. The smallest absolute Gasteiger partial charge is 0.115 e. The Kier molecular flexibility index (Phi) is 3.77. The van der Waals surface area contributed by atoms with E-state index in [0.29, 0.717) is 0 Å². The topological polar surface area (TPSA) is 68.5 Å². The highest BCUT2D eigenvalue weighted by molar-refractivity contribution is 5.21. The molecule has 6 nitrogen and oxygen atoms in total. The summed E-state index contributed by atoms with van der Waals surface area (Å²) in [6.07, 6.45) is 6.94. The monoisotopic (exact) mass is 232 g/mol. The van der Waals surface area contributed by atoms with E-state index in [1.807, 2.05) is 24.0 Å². The Hall–Kier alpha value is -1.82. The Bertz CT molecular complexity index is 452. The molecule has 1 N–H and O–H groups in total. The number of hydrogen-bond donors (Lipinski definition) is 1. The van der Waals surface area contributed by atoms with Crippen molar-refractivity contribution in [3.8, 4) is 0 Å². The molecule has 0 aliphatic heterocycles. The molecule has 2 heterocycles. The molecule has 0 aromatic carbocycles. The summed E-state index contributed by atoms with van der Waals surface area (Å²) < 4.78 is 1.88. The zero-order valence-corrected chi connectivity index (χ0v) is 10.0. The zero-order valence-electron chi connectivity index (χ0n) is 10.0. The average molecular weight is 232 g/mol. The summed E-state index contributed by atoms with van der Waals surface area (Å²) in [4.78, 5) is 8.10. The quantitative estimate of drug-likeness (QED) is 0.825. The van der Waals surface area contributed by atoms with Crippen molar-refractivity contribution >= 4 is 0 Å². The third kappa shape index (κ3) is 2.47. The number of aryl methyl sites for hydroxylation is 1. The predicted octanol–water partition coefficient (Wildman–Crippen LogP) is 0.787. The van der Waals surface area contributed by atoms with Gasteiger partial charge in [-0.2, -0.15) is 0 Å². The molecule has 90 valence electrons. The van der Waals surface area contributed by atoms with Crippen molar-refractivity contribution in [1.82, 2.24) is 30.3 Å². The van der Waals surface area contributed by atoms with Crippen LogP contribution in [0.5, 0.6) is 0 Å². The summed E-state index contributed by atoms with van der Waals surface area (Å²) in [5.41, 5.74) is 2.05. The fourth-order valence-corrected chi connectivity index (χ4v) is 1.79. The Morgan fingerprint density at radius 1 is 1.24 bits per heavy atom. The Morgan fingerprint density at radius 2 is 2.00 bits per heavy atom. The van der Waals surface area contributed by atoms with Crippen LogP contribution in [0.15, 0.2) is 24.9 Å². The van der Waals surface area contributed by atoms with Crippen molar-refractivity contribution in [3.05, 3.63) is 36.2 Å². The van der Waals surface area contributed by atoms with Crippen LogP contribution in [0, 0.1) is 0 Å². The molecule has 17 heavy (non-hydrogen) atoms. The van der Waals surface area contributed by atoms with Gasteiger partial charge in [0.25, 0.3) is 0 Å². The van der Waals surface area contributed by atoms with Gasteiger partial charge >= 0.3 is 0 Å². The third-order valence-corrected chi connectivity index (χ3v) is 2.57. The predicted molar refractivity (Wildman–Crippen MR) is 63.2 cm³/mol. The molecule has 6 heteroatoms. The molecule has 0 spiro atoms. The van der Waals surface area contributed by atoms with E-state index >= 15 is 0 Å². The number of rotatable bonds is 5. The Morgan fingerprint density at radius 3 is 2.65 bits per heavy atom. The number of nitrogens with zero attached hydrogens (tertiary/aromatic N) is 5. The molecule has 2 aromatic heterocycles. The van der Waals surface area contributed by atoms with Crippen LogP contribution in [-0.2, 0) is 6.54 Å². The SMILES string of the molecule is CCNC(c1cncnc1)c1cnnn1CC. The van der Waals surface area contributed by atoms with Gasteiger partial charge in [-0.3, -0.25) is 0 Å². The fraction of sp³-hybridized carbons (Fsp3) is 0.455. The second kappa shape index (κ2) is 5.49. The van der Waals surface area contributed by atoms with E-state index in [2.05, 4.69) is 32.5 Å². The van der Waals surface area contributed by atoms with Gasteiger partial charge in [-0.1, -0.05) is 12.1 Å². The van der Waals surface area contributed by atoms with Crippen molar-refractivity contribution in [1.29, 1.82) is 0 Å². The minimum absolute atomic E-state index is 0.0381. The van der Waals surface area contributed by atoms with Gasteiger partial charge in [-0.25, -0.2) is 14.6 Å². The van der Waals surface area contributed by atoms with E-state index in [9.17, 15) is 0 Å². The largest absolute Gasteiger partial charge is 0.305 e. The van der Waals surface area contributed by atoms with Crippen molar-refractivity contribution in [2.24, 2.45) is 0 Å². The van der Waals surface area contributed by atoms with Gasteiger partial charge in [0.15, 0.2) is 0 Å². The maximum atomic E-state index is 4.05. The van der Waals surface area contributed by atoms with Gasteiger partial charge < -0.3 is 5.32 Å². The lowest BCUT2D eigenvalue weighted by Gasteiger charge is -2.17. The highest BCUT2D eigenvalue weighted by Gasteiger charge is 2.18. The molecule has 0 amide bonds. The van der Waals surface area contributed by atoms with Gasteiger partial charge in [0.05, 0.1) is 17.9 Å². The van der Waals surface area contributed by atoms with Gasteiger partial charge in [-0.05, 0) is 13.5 Å². The van der Waals surface area contributed by atoms with Crippen molar-refractivity contribution in [2.45, 2.75) is 26.4 Å². The molecule has 1 atom stereocenters. The first-order valence-electron chi connectivity index (χ1n) is 5.73. The molecule has 0 radical (unpaired) electrons. The summed E-state index contributed by atoms with van der Waals surface area (Å²) >= 11 is 0. The second-order valence-corrected chi connectivity index (χ2v) is 3.64. The van der Waals surface area contributed by atoms with Crippen LogP contribution in [-0.4, -0.2) is 31.5 Å². The molecule has 2 aromatic rings. The highest BCUT2D eigenvalue weighted by atomic mass is 15.4. The lowest BCUT2D eigenvalue weighted by atomic mass is 10.1. The van der Waals surface area contributed by atoms with Crippen molar-refractivity contribution < 1.29 is 0 Å². The van der Waals surface area contributed by atoms with E-state index < -0.39 is 0 Å². The van der Waals surface area contributed by atoms with Crippen LogP contribution >= 0.6 is 0 Å². The van der Waals surface area contributed by atoms with E-state index in [1.54, 1.807) is 6.20 Å². The summed E-state index contributed by atoms with van der Waals surface area (Å²) in [5, 5.41) is 11.4. The number of hydrogen-bond acceptors (Lipinski definition) is 5. The fourth-order valence-electron chi connectivity index (χ4n) is 1.79. The standard InChI is InChI=1S/C11H16N6/c1-3-14-11(9-5-12-8-13-6-9)10-7-15-16-17(10)4-2/h5-8,11,14H,3-4H2,1-2H3. The first-order chi connectivity index (χ1) is 8.36.